The van der Waals surface area contributed by atoms with E-state index in [1.165, 1.54) is 19.3 Å². The van der Waals surface area contributed by atoms with Crippen molar-refractivity contribution in [3.05, 3.63) is 34.9 Å². The van der Waals surface area contributed by atoms with Gasteiger partial charge in [-0.2, -0.15) is 11.8 Å². The van der Waals surface area contributed by atoms with E-state index in [0.29, 0.717) is 0 Å². The average Bonchev–Trinajstić information content (AvgIpc) is 2.49. The molecule has 0 bridgehead atoms. The third kappa shape index (κ3) is 5.02. The van der Waals surface area contributed by atoms with E-state index in [2.05, 4.69) is 11.4 Å². The monoisotopic (exact) mass is 311 g/mol. The van der Waals surface area contributed by atoms with Gasteiger partial charge in [0.25, 0.3) is 0 Å². The number of rotatable bonds is 6. The predicted molar refractivity (Wildman–Crippen MR) is 87.2 cm³/mol. The molecule has 1 N–H and O–H groups in total. The number of hydrogen-bond acceptors (Lipinski definition) is 2. The maximum absolute atomic E-state index is 11.9. The van der Waals surface area contributed by atoms with Gasteiger partial charge in [-0.1, -0.05) is 49.1 Å². The highest BCUT2D eigenvalue weighted by Crippen LogP contribution is 2.23. The maximum Gasteiger partial charge on any atom is 0.223 e. The molecule has 1 aromatic rings. The molecule has 110 valence electrons. The lowest BCUT2D eigenvalue weighted by atomic mass is 9.89. The first-order valence-electron chi connectivity index (χ1n) is 7.36. The van der Waals surface area contributed by atoms with Crippen LogP contribution in [0.15, 0.2) is 24.3 Å². The fraction of sp³-hybridized carbons (Fsp3) is 0.562. The molecule has 2 rings (SSSR count). The molecule has 1 amide bonds. The van der Waals surface area contributed by atoms with Gasteiger partial charge in [0.1, 0.15) is 0 Å². The van der Waals surface area contributed by atoms with Crippen LogP contribution in [0.3, 0.4) is 0 Å². The number of hydrogen-bond donors (Lipinski definition) is 1. The molecule has 0 saturated heterocycles. The highest BCUT2D eigenvalue weighted by atomic mass is 35.5. The van der Waals surface area contributed by atoms with Crippen LogP contribution in [0.4, 0.5) is 0 Å². The van der Waals surface area contributed by atoms with Crippen LogP contribution in [0.25, 0.3) is 0 Å². The van der Waals surface area contributed by atoms with Crippen molar-refractivity contribution in [3.63, 3.8) is 0 Å². The van der Waals surface area contributed by atoms with Crippen molar-refractivity contribution in [2.75, 3.05) is 12.3 Å². The highest BCUT2D eigenvalue weighted by Gasteiger charge is 2.20. The minimum Gasteiger partial charge on any atom is -0.355 e. The molecule has 2 nitrogen and oxygen atoms in total. The topological polar surface area (TPSA) is 29.1 Å². The van der Waals surface area contributed by atoms with Crippen molar-refractivity contribution < 1.29 is 4.79 Å². The smallest absolute Gasteiger partial charge is 0.223 e. The minimum absolute atomic E-state index is 0.253. The van der Waals surface area contributed by atoms with Gasteiger partial charge in [-0.3, -0.25) is 4.79 Å². The summed E-state index contributed by atoms with van der Waals surface area (Å²) < 4.78 is 0. The molecule has 0 spiro atoms. The summed E-state index contributed by atoms with van der Waals surface area (Å²) in [4.78, 5) is 11.9. The van der Waals surface area contributed by atoms with Gasteiger partial charge in [-0.05, 0) is 24.5 Å². The molecule has 0 atom stereocenters. The number of amides is 1. The predicted octanol–water partition coefficient (Wildman–Crippen LogP) is 4.27. The Labute approximate surface area is 130 Å². The molecule has 1 aliphatic rings. The van der Waals surface area contributed by atoms with Gasteiger partial charge in [0.05, 0.1) is 0 Å². The lowest BCUT2D eigenvalue weighted by molar-refractivity contribution is -0.125. The van der Waals surface area contributed by atoms with Crippen LogP contribution >= 0.6 is 23.4 Å². The van der Waals surface area contributed by atoms with Crippen LogP contribution < -0.4 is 5.32 Å². The van der Waals surface area contributed by atoms with Crippen molar-refractivity contribution in [1.29, 1.82) is 0 Å². The minimum atomic E-state index is 0.253. The molecule has 1 aromatic carbocycles. The van der Waals surface area contributed by atoms with E-state index in [1.54, 1.807) is 0 Å². The van der Waals surface area contributed by atoms with Gasteiger partial charge in [-0.25, -0.2) is 0 Å². The fourth-order valence-electron chi connectivity index (χ4n) is 2.55. The third-order valence-electron chi connectivity index (χ3n) is 3.74. The number of thioether (sulfide) groups is 1. The first kappa shape index (κ1) is 15.7. The summed E-state index contributed by atoms with van der Waals surface area (Å²) in [5, 5.41) is 3.89. The fourth-order valence-corrected chi connectivity index (χ4v) is 3.70. The summed E-state index contributed by atoms with van der Waals surface area (Å²) in [7, 11) is 0. The Hall–Kier alpha value is -0.670. The Morgan fingerprint density at radius 2 is 2.00 bits per heavy atom. The van der Waals surface area contributed by atoms with Crippen molar-refractivity contribution in [2.24, 2.45) is 5.92 Å². The number of benzene rings is 1. The van der Waals surface area contributed by atoms with Crippen LogP contribution in [0.1, 0.15) is 37.7 Å². The largest absolute Gasteiger partial charge is 0.355 e. The van der Waals surface area contributed by atoms with Crippen LogP contribution in [0, 0.1) is 5.92 Å². The van der Waals surface area contributed by atoms with Crippen molar-refractivity contribution in [1.82, 2.24) is 5.32 Å². The normalized spacial score (nSPS) is 16.1. The van der Waals surface area contributed by atoms with Gasteiger partial charge in [0.2, 0.25) is 5.91 Å². The zero-order chi connectivity index (χ0) is 14.2. The van der Waals surface area contributed by atoms with Crippen LogP contribution in [-0.4, -0.2) is 18.2 Å². The molecule has 0 heterocycles. The Bertz CT molecular complexity index is 432. The van der Waals surface area contributed by atoms with E-state index >= 15 is 0 Å². The van der Waals surface area contributed by atoms with Crippen LogP contribution in [0.5, 0.6) is 0 Å². The maximum atomic E-state index is 11.9. The van der Waals surface area contributed by atoms with Gasteiger partial charge < -0.3 is 5.32 Å². The molecule has 4 heteroatoms. The molecule has 0 aromatic heterocycles. The summed E-state index contributed by atoms with van der Waals surface area (Å²) in [5.41, 5.74) is 1.16. The first-order chi connectivity index (χ1) is 9.77. The van der Waals surface area contributed by atoms with Gasteiger partial charge in [0, 0.05) is 29.0 Å². The summed E-state index contributed by atoms with van der Waals surface area (Å²) in [6.45, 7) is 0.754. The number of halogens is 1. The quantitative estimate of drug-likeness (QED) is 0.795. The average molecular weight is 312 g/mol. The zero-order valence-electron chi connectivity index (χ0n) is 11.7. The molecule has 1 saturated carbocycles. The third-order valence-corrected chi connectivity index (χ3v) is 5.11. The molecule has 1 aliphatic carbocycles. The Kier molecular flexibility index (Phi) is 6.74. The second-order valence-corrected chi connectivity index (χ2v) is 6.78. The highest BCUT2D eigenvalue weighted by molar-refractivity contribution is 7.98. The second kappa shape index (κ2) is 8.58. The number of carbonyl (C=O) groups is 1. The van der Waals surface area contributed by atoms with E-state index < -0.39 is 0 Å². The van der Waals surface area contributed by atoms with E-state index in [4.69, 9.17) is 11.6 Å². The summed E-state index contributed by atoms with van der Waals surface area (Å²) in [5.74, 6) is 2.35. The van der Waals surface area contributed by atoms with E-state index in [-0.39, 0.29) is 11.8 Å². The second-order valence-electron chi connectivity index (χ2n) is 5.27. The standard InChI is InChI=1S/C16H22ClNOS/c17-15-9-5-4-8-14(15)12-20-11-10-18-16(19)13-6-2-1-3-7-13/h4-5,8-9,13H,1-3,6-7,10-12H2,(H,18,19). The van der Waals surface area contributed by atoms with Crippen molar-refractivity contribution >= 4 is 29.3 Å². The Morgan fingerprint density at radius 3 is 2.75 bits per heavy atom. The summed E-state index contributed by atoms with van der Waals surface area (Å²) >= 11 is 7.92. The van der Waals surface area contributed by atoms with Crippen LogP contribution in [-0.2, 0) is 10.5 Å². The molecule has 1 fully saturated rings. The lowest BCUT2D eigenvalue weighted by Gasteiger charge is -2.20. The van der Waals surface area contributed by atoms with E-state index in [9.17, 15) is 4.79 Å². The summed E-state index contributed by atoms with van der Waals surface area (Å²) in [6.07, 6.45) is 5.84. The van der Waals surface area contributed by atoms with Gasteiger partial charge in [0.15, 0.2) is 0 Å². The molecule has 0 unspecified atom stereocenters. The van der Waals surface area contributed by atoms with E-state index in [0.717, 1.165) is 41.5 Å². The molecular weight excluding hydrogens is 290 g/mol. The van der Waals surface area contributed by atoms with E-state index in [1.807, 2.05) is 30.0 Å². The molecular formula is C16H22ClNOS. The Morgan fingerprint density at radius 1 is 1.25 bits per heavy atom. The molecule has 20 heavy (non-hydrogen) atoms. The van der Waals surface area contributed by atoms with Crippen molar-refractivity contribution in [3.8, 4) is 0 Å². The first-order valence-corrected chi connectivity index (χ1v) is 8.89. The lowest BCUT2D eigenvalue weighted by Crippen LogP contribution is -2.33. The number of nitrogens with one attached hydrogen (secondary N) is 1. The zero-order valence-corrected chi connectivity index (χ0v) is 13.3. The summed E-state index contributed by atoms with van der Waals surface area (Å²) in [6, 6.07) is 7.92. The van der Waals surface area contributed by atoms with Gasteiger partial charge >= 0.3 is 0 Å². The van der Waals surface area contributed by atoms with Gasteiger partial charge in [-0.15, -0.1) is 0 Å². The van der Waals surface area contributed by atoms with Crippen molar-refractivity contribution in [2.45, 2.75) is 37.9 Å². The SMILES string of the molecule is O=C(NCCSCc1ccccc1Cl)C1CCCCC1. The van der Waals surface area contributed by atoms with Crippen LogP contribution in [0.2, 0.25) is 5.02 Å². The number of carbonyl (C=O) groups excluding carboxylic acids is 1. The Balaban J connectivity index is 1.59. The molecule has 0 aliphatic heterocycles. The molecule has 0 radical (unpaired) electrons.